The van der Waals surface area contributed by atoms with Crippen LogP contribution in [0, 0.1) is 5.82 Å². The van der Waals surface area contributed by atoms with E-state index >= 15 is 0 Å². The molecule has 0 aliphatic rings. The summed E-state index contributed by atoms with van der Waals surface area (Å²) in [6.07, 6.45) is 0. The molecule has 2 heterocycles. The lowest BCUT2D eigenvalue weighted by Crippen LogP contribution is -2.49. The molecule has 0 saturated heterocycles. The van der Waals surface area contributed by atoms with Gasteiger partial charge in [-0.25, -0.2) is 4.39 Å². The maximum atomic E-state index is 13.9. The second-order valence-corrected chi connectivity index (χ2v) is 8.69. The van der Waals surface area contributed by atoms with Crippen molar-refractivity contribution in [3.05, 3.63) is 63.5 Å². The third-order valence-corrected chi connectivity index (χ3v) is 5.13. The monoisotopic (exact) mass is 418 g/mol. The Morgan fingerprint density at radius 3 is 2.57 bits per heavy atom. The number of nitrogens with zero attached hydrogens (tertiary/aromatic N) is 3. The van der Waals surface area contributed by atoms with Crippen LogP contribution < -0.4 is 10.2 Å². The number of hydrogen-bond donors (Lipinski definition) is 1. The zero-order chi connectivity index (χ0) is 20.3. The number of thiophene rings is 1. The number of rotatable bonds is 5. The molecule has 0 aliphatic carbocycles. The summed E-state index contributed by atoms with van der Waals surface area (Å²) in [4.78, 5) is 28.4. The number of carbonyl (C=O) groups excluding carboxylic acids is 2. The van der Waals surface area contributed by atoms with Crippen molar-refractivity contribution in [2.45, 2.75) is 32.4 Å². The predicted octanol–water partition coefficient (Wildman–Crippen LogP) is 4.04. The molecule has 1 atom stereocenters. The smallest absolute Gasteiger partial charge is 0.280 e. The Balaban J connectivity index is 2.13. The lowest BCUT2D eigenvalue weighted by Gasteiger charge is -2.32. The molecular formula is C19H19FN4O2S2. The summed E-state index contributed by atoms with van der Waals surface area (Å²) in [6.45, 7) is 5.57. The molecule has 3 aromatic rings. The second kappa shape index (κ2) is 8.15. The Bertz CT molecular complexity index is 953. The van der Waals surface area contributed by atoms with E-state index in [4.69, 9.17) is 0 Å². The van der Waals surface area contributed by atoms with Crippen molar-refractivity contribution in [2.75, 3.05) is 4.90 Å². The molecule has 28 heavy (non-hydrogen) atoms. The number of amides is 2. The minimum absolute atomic E-state index is 0.0966. The first-order valence-electron chi connectivity index (χ1n) is 8.48. The van der Waals surface area contributed by atoms with Crippen molar-refractivity contribution in [1.82, 2.24) is 14.9 Å². The van der Waals surface area contributed by atoms with Crippen LogP contribution in [0.15, 0.2) is 47.2 Å². The maximum Gasteiger partial charge on any atom is 0.280 e. The summed E-state index contributed by atoms with van der Waals surface area (Å²) < 4.78 is 17.7. The highest BCUT2D eigenvalue weighted by atomic mass is 32.1. The van der Waals surface area contributed by atoms with Gasteiger partial charge in [0.2, 0.25) is 5.91 Å². The Morgan fingerprint density at radius 1 is 1.21 bits per heavy atom. The molecule has 1 aromatic carbocycles. The zero-order valence-corrected chi connectivity index (χ0v) is 17.2. The van der Waals surface area contributed by atoms with Gasteiger partial charge in [0, 0.05) is 21.5 Å². The van der Waals surface area contributed by atoms with Crippen molar-refractivity contribution in [2.24, 2.45) is 0 Å². The molecule has 0 saturated carbocycles. The van der Waals surface area contributed by atoms with Crippen LogP contribution in [0.5, 0.6) is 0 Å². The van der Waals surface area contributed by atoms with Gasteiger partial charge in [-0.2, -0.15) is 0 Å². The fourth-order valence-corrected chi connectivity index (χ4v) is 3.89. The van der Waals surface area contributed by atoms with E-state index in [-0.39, 0.29) is 17.3 Å². The summed E-state index contributed by atoms with van der Waals surface area (Å²) in [6, 6.07) is 8.19. The third kappa shape index (κ3) is 4.60. The second-order valence-electron chi connectivity index (χ2n) is 7.10. The first kappa shape index (κ1) is 20.1. The van der Waals surface area contributed by atoms with Crippen molar-refractivity contribution in [3.8, 4) is 0 Å². The van der Waals surface area contributed by atoms with Crippen LogP contribution in [0.3, 0.4) is 0 Å². The molecule has 6 nitrogen and oxygen atoms in total. The highest BCUT2D eigenvalue weighted by Crippen LogP contribution is 2.32. The van der Waals surface area contributed by atoms with Gasteiger partial charge in [0.15, 0.2) is 11.7 Å². The molecule has 0 unspecified atom stereocenters. The number of nitrogens with one attached hydrogen (secondary N) is 1. The number of halogens is 1. The zero-order valence-electron chi connectivity index (χ0n) is 15.5. The van der Waals surface area contributed by atoms with Crippen LogP contribution in [0.2, 0.25) is 0 Å². The van der Waals surface area contributed by atoms with Crippen LogP contribution in [0.4, 0.5) is 10.1 Å². The molecule has 0 spiro atoms. The van der Waals surface area contributed by atoms with Crippen LogP contribution in [0.25, 0.3) is 0 Å². The molecule has 2 aromatic heterocycles. The molecule has 1 N–H and O–H groups in total. The van der Waals surface area contributed by atoms with E-state index in [1.807, 2.05) is 26.2 Å². The summed E-state index contributed by atoms with van der Waals surface area (Å²) in [5.41, 5.74) is -0.148. The molecule has 0 bridgehead atoms. The number of hydrogen-bond acceptors (Lipinski definition) is 6. The summed E-state index contributed by atoms with van der Waals surface area (Å²) >= 11 is 2.38. The Morgan fingerprint density at radius 2 is 2.00 bits per heavy atom. The Labute approximate surface area is 170 Å². The van der Waals surface area contributed by atoms with Crippen molar-refractivity contribution in [1.29, 1.82) is 0 Å². The first-order valence-corrected chi connectivity index (χ1v) is 10.2. The molecule has 3 rings (SSSR count). The average Bonchev–Trinajstić information content (AvgIpc) is 3.30. The number of benzene rings is 1. The first-order chi connectivity index (χ1) is 13.3. The van der Waals surface area contributed by atoms with Gasteiger partial charge in [-0.15, -0.1) is 16.4 Å². The van der Waals surface area contributed by atoms with E-state index < -0.39 is 23.3 Å². The van der Waals surface area contributed by atoms with Crippen molar-refractivity contribution in [3.63, 3.8) is 0 Å². The van der Waals surface area contributed by atoms with Crippen LogP contribution in [-0.4, -0.2) is 26.9 Å². The van der Waals surface area contributed by atoms with E-state index in [1.165, 1.54) is 39.8 Å². The predicted molar refractivity (Wildman–Crippen MR) is 108 cm³/mol. The topological polar surface area (TPSA) is 75.2 Å². The minimum Gasteiger partial charge on any atom is -0.349 e. The van der Waals surface area contributed by atoms with Gasteiger partial charge in [-0.3, -0.25) is 14.5 Å². The summed E-state index contributed by atoms with van der Waals surface area (Å²) in [5.74, 6) is -1.40. The number of aromatic nitrogens is 2. The Kier molecular flexibility index (Phi) is 5.85. The fraction of sp³-hybridized carbons (Fsp3) is 0.263. The standard InChI is InChI=1S/C19H19FN4O2S2/c1-19(2,3)21-17(25)16(15-8-5-9-27-15)24(13-7-4-6-12(20)10-13)18(26)14-11-28-23-22-14/h4-11,16H,1-3H3,(H,21,25)/t16-/m1/s1. The van der Waals surface area contributed by atoms with Crippen LogP contribution in [-0.2, 0) is 4.79 Å². The van der Waals surface area contributed by atoms with E-state index in [0.29, 0.717) is 4.88 Å². The largest absolute Gasteiger partial charge is 0.349 e. The van der Waals surface area contributed by atoms with E-state index in [2.05, 4.69) is 14.9 Å². The van der Waals surface area contributed by atoms with Gasteiger partial charge in [-0.1, -0.05) is 16.6 Å². The van der Waals surface area contributed by atoms with Crippen molar-refractivity contribution < 1.29 is 14.0 Å². The normalized spacial score (nSPS) is 12.4. The van der Waals surface area contributed by atoms with E-state index in [1.54, 1.807) is 18.2 Å². The lowest BCUT2D eigenvalue weighted by atomic mass is 10.1. The van der Waals surface area contributed by atoms with Gasteiger partial charge in [0.25, 0.3) is 5.91 Å². The molecule has 0 fully saturated rings. The minimum atomic E-state index is -0.977. The van der Waals surface area contributed by atoms with E-state index in [0.717, 1.165) is 11.5 Å². The molecule has 0 aliphatic heterocycles. The lowest BCUT2D eigenvalue weighted by molar-refractivity contribution is -0.123. The van der Waals surface area contributed by atoms with Crippen molar-refractivity contribution >= 4 is 40.4 Å². The van der Waals surface area contributed by atoms with Crippen LogP contribution >= 0.6 is 22.9 Å². The van der Waals surface area contributed by atoms with Gasteiger partial charge < -0.3 is 5.32 Å². The quantitative estimate of drug-likeness (QED) is 0.679. The van der Waals surface area contributed by atoms with Gasteiger partial charge >= 0.3 is 0 Å². The summed E-state index contributed by atoms with van der Waals surface area (Å²) in [7, 11) is 0. The molecular weight excluding hydrogens is 399 g/mol. The van der Waals surface area contributed by atoms with E-state index in [9.17, 15) is 14.0 Å². The molecule has 2 amide bonds. The highest BCUT2D eigenvalue weighted by molar-refractivity contribution is 7.10. The average molecular weight is 419 g/mol. The number of carbonyl (C=O) groups is 2. The summed E-state index contributed by atoms with van der Waals surface area (Å²) in [5, 5.41) is 10.1. The van der Waals surface area contributed by atoms with Crippen LogP contribution in [0.1, 0.15) is 42.2 Å². The van der Waals surface area contributed by atoms with Gasteiger partial charge in [0.1, 0.15) is 5.82 Å². The third-order valence-electron chi connectivity index (χ3n) is 3.70. The maximum absolute atomic E-state index is 13.9. The highest BCUT2D eigenvalue weighted by Gasteiger charge is 2.36. The van der Waals surface area contributed by atoms with Gasteiger partial charge in [0.05, 0.1) is 0 Å². The molecule has 0 radical (unpaired) electrons. The molecule has 146 valence electrons. The SMILES string of the molecule is CC(C)(C)NC(=O)[C@@H](c1cccs1)N(C(=O)c1csnn1)c1cccc(F)c1. The Hall–Kier alpha value is -2.65. The number of anilines is 1. The molecule has 9 heteroatoms. The fourth-order valence-electron chi connectivity index (χ4n) is 2.65. The van der Waals surface area contributed by atoms with Gasteiger partial charge in [-0.05, 0) is 61.9 Å².